The number of morpholine rings is 1. The third-order valence-corrected chi connectivity index (χ3v) is 6.19. The van der Waals surface area contributed by atoms with Crippen LogP contribution in [0.1, 0.15) is 16.1 Å². The molecule has 3 rings (SSSR count). The second-order valence-electron chi connectivity index (χ2n) is 6.33. The minimum atomic E-state index is -4.49. The molecule has 29 heavy (non-hydrogen) atoms. The largest absolute Gasteiger partial charge is 0.451 e. The van der Waals surface area contributed by atoms with Crippen LogP contribution < -0.4 is 5.32 Å². The topological polar surface area (TPSA) is 88.9 Å². The van der Waals surface area contributed by atoms with Crippen molar-refractivity contribution in [1.29, 1.82) is 0 Å². The van der Waals surface area contributed by atoms with Crippen LogP contribution >= 0.6 is 0 Å². The SMILES string of the molecule is O=C(NCCS(=O)(=O)N1CCOCC1)c1ccc(-c2cccc(C(F)(F)F)c2)o1. The number of carbonyl (C=O) groups excluding carboxylic acids is 1. The first-order valence-electron chi connectivity index (χ1n) is 8.78. The molecule has 158 valence electrons. The van der Waals surface area contributed by atoms with Gasteiger partial charge in [0.05, 0.1) is 24.5 Å². The van der Waals surface area contributed by atoms with E-state index in [4.69, 9.17) is 9.15 Å². The van der Waals surface area contributed by atoms with E-state index in [0.717, 1.165) is 12.1 Å². The third kappa shape index (κ3) is 5.37. The van der Waals surface area contributed by atoms with Gasteiger partial charge in [-0.2, -0.15) is 17.5 Å². The Morgan fingerprint density at radius 1 is 1.14 bits per heavy atom. The molecule has 2 aromatic rings. The standard InChI is InChI=1S/C18H19F3N2O5S/c19-18(20,21)14-3-1-2-13(12-14)15-4-5-16(28-15)17(24)22-6-11-29(25,26)23-7-9-27-10-8-23/h1-5,12H,6-11H2,(H,22,24). The van der Waals surface area contributed by atoms with Crippen LogP contribution in [-0.2, 0) is 20.9 Å². The zero-order valence-corrected chi connectivity index (χ0v) is 16.1. The number of hydrogen-bond donors (Lipinski definition) is 1. The molecule has 1 N–H and O–H groups in total. The molecule has 2 heterocycles. The zero-order valence-electron chi connectivity index (χ0n) is 15.2. The number of sulfonamides is 1. The van der Waals surface area contributed by atoms with E-state index < -0.39 is 27.7 Å². The molecule has 1 aliphatic rings. The Balaban J connectivity index is 1.60. The quantitative estimate of drug-likeness (QED) is 0.757. The molecule has 1 aromatic carbocycles. The van der Waals surface area contributed by atoms with E-state index in [1.165, 1.54) is 28.6 Å². The van der Waals surface area contributed by atoms with Crippen molar-refractivity contribution in [3.8, 4) is 11.3 Å². The summed E-state index contributed by atoms with van der Waals surface area (Å²) in [6.07, 6.45) is -4.49. The van der Waals surface area contributed by atoms with Crippen LogP contribution in [-0.4, -0.2) is 57.2 Å². The van der Waals surface area contributed by atoms with Crippen molar-refractivity contribution < 1.29 is 35.5 Å². The molecule has 7 nitrogen and oxygen atoms in total. The lowest BCUT2D eigenvalue weighted by Gasteiger charge is -2.25. The van der Waals surface area contributed by atoms with E-state index >= 15 is 0 Å². The van der Waals surface area contributed by atoms with Gasteiger partial charge in [-0.3, -0.25) is 4.79 Å². The highest BCUT2D eigenvalue weighted by Gasteiger charge is 2.30. The Hall–Kier alpha value is -2.37. The van der Waals surface area contributed by atoms with Gasteiger partial charge in [-0.25, -0.2) is 8.42 Å². The van der Waals surface area contributed by atoms with Gasteiger partial charge in [0, 0.05) is 25.2 Å². The number of halogens is 3. The molecule has 1 aliphatic heterocycles. The van der Waals surface area contributed by atoms with E-state index in [-0.39, 0.29) is 42.5 Å². The number of amides is 1. The smallest absolute Gasteiger partial charge is 0.416 e. The van der Waals surface area contributed by atoms with Crippen molar-refractivity contribution >= 4 is 15.9 Å². The summed E-state index contributed by atoms with van der Waals surface area (Å²) in [7, 11) is -3.52. The van der Waals surface area contributed by atoms with Gasteiger partial charge in [-0.1, -0.05) is 12.1 Å². The summed E-state index contributed by atoms with van der Waals surface area (Å²) in [4.78, 5) is 12.2. The van der Waals surface area contributed by atoms with E-state index in [9.17, 15) is 26.4 Å². The summed E-state index contributed by atoms with van der Waals surface area (Å²) >= 11 is 0. The monoisotopic (exact) mass is 432 g/mol. The van der Waals surface area contributed by atoms with Gasteiger partial charge in [-0.05, 0) is 24.3 Å². The minimum Gasteiger partial charge on any atom is -0.451 e. The van der Waals surface area contributed by atoms with Crippen molar-refractivity contribution in [2.45, 2.75) is 6.18 Å². The first-order valence-corrected chi connectivity index (χ1v) is 10.4. The van der Waals surface area contributed by atoms with Gasteiger partial charge in [0.1, 0.15) is 5.76 Å². The summed E-state index contributed by atoms with van der Waals surface area (Å²) in [6, 6.07) is 7.25. The second-order valence-corrected chi connectivity index (χ2v) is 8.41. The summed E-state index contributed by atoms with van der Waals surface area (Å²) < 4.78 is 74.7. The molecule has 1 fully saturated rings. The van der Waals surface area contributed by atoms with Crippen molar-refractivity contribution in [2.24, 2.45) is 0 Å². The maximum Gasteiger partial charge on any atom is 0.416 e. The van der Waals surface area contributed by atoms with Gasteiger partial charge in [0.2, 0.25) is 10.0 Å². The molecule has 11 heteroatoms. The van der Waals surface area contributed by atoms with Crippen LogP contribution in [0.4, 0.5) is 13.2 Å². The van der Waals surface area contributed by atoms with E-state index in [1.54, 1.807) is 0 Å². The Labute approximate surface area is 165 Å². The van der Waals surface area contributed by atoms with Crippen molar-refractivity contribution in [3.63, 3.8) is 0 Å². The fraction of sp³-hybridized carbons (Fsp3) is 0.389. The predicted octanol–water partition coefficient (Wildman–Crippen LogP) is 2.36. The predicted molar refractivity (Wildman–Crippen MR) is 97.7 cm³/mol. The highest BCUT2D eigenvalue weighted by atomic mass is 32.2. The molecule has 0 saturated carbocycles. The van der Waals surface area contributed by atoms with Crippen molar-refractivity contribution in [3.05, 3.63) is 47.7 Å². The number of nitrogens with one attached hydrogen (secondary N) is 1. The Kier molecular flexibility index (Phi) is 6.30. The Bertz CT molecular complexity index is 966. The first-order chi connectivity index (χ1) is 13.7. The number of benzene rings is 1. The number of furan rings is 1. The maximum absolute atomic E-state index is 12.8. The molecule has 0 spiro atoms. The van der Waals surface area contributed by atoms with E-state index in [1.807, 2.05) is 0 Å². The number of hydrogen-bond acceptors (Lipinski definition) is 5. The maximum atomic E-state index is 12.8. The lowest BCUT2D eigenvalue weighted by atomic mass is 10.1. The summed E-state index contributed by atoms with van der Waals surface area (Å²) in [5.74, 6) is -0.955. The Morgan fingerprint density at radius 2 is 1.86 bits per heavy atom. The van der Waals surface area contributed by atoms with Crippen LogP contribution in [0.15, 0.2) is 40.8 Å². The highest BCUT2D eigenvalue weighted by molar-refractivity contribution is 7.89. The molecule has 1 amide bonds. The Morgan fingerprint density at radius 3 is 2.55 bits per heavy atom. The molecule has 0 bridgehead atoms. The van der Waals surface area contributed by atoms with E-state index in [0.29, 0.717) is 13.2 Å². The molecule has 1 saturated heterocycles. The third-order valence-electron chi connectivity index (χ3n) is 4.31. The molecule has 1 aromatic heterocycles. The van der Waals surface area contributed by atoms with Crippen molar-refractivity contribution in [2.75, 3.05) is 38.6 Å². The van der Waals surface area contributed by atoms with Gasteiger partial charge in [0.15, 0.2) is 5.76 Å². The molecular formula is C18H19F3N2O5S. The average molecular weight is 432 g/mol. The van der Waals surface area contributed by atoms with Gasteiger partial charge in [-0.15, -0.1) is 0 Å². The highest BCUT2D eigenvalue weighted by Crippen LogP contribution is 2.32. The second kappa shape index (κ2) is 8.56. The fourth-order valence-corrected chi connectivity index (χ4v) is 4.12. The fourth-order valence-electron chi connectivity index (χ4n) is 2.80. The molecular weight excluding hydrogens is 413 g/mol. The molecule has 0 aliphatic carbocycles. The molecule has 0 unspecified atom stereocenters. The summed E-state index contributed by atoms with van der Waals surface area (Å²) in [6.45, 7) is 1.08. The average Bonchev–Trinajstić information content (AvgIpc) is 3.18. The van der Waals surface area contributed by atoms with Crippen LogP contribution in [0.25, 0.3) is 11.3 Å². The van der Waals surface area contributed by atoms with Crippen LogP contribution in [0, 0.1) is 0 Å². The van der Waals surface area contributed by atoms with Gasteiger partial charge < -0.3 is 14.5 Å². The number of carbonyl (C=O) groups is 1. The normalized spacial score (nSPS) is 16.0. The zero-order chi connectivity index (χ0) is 21.1. The summed E-state index contributed by atoms with van der Waals surface area (Å²) in [5.41, 5.74) is -0.653. The molecule has 0 radical (unpaired) electrons. The van der Waals surface area contributed by atoms with Crippen LogP contribution in [0.3, 0.4) is 0 Å². The number of rotatable bonds is 6. The minimum absolute atomic E-state index is 0.0992. The molecule has 0 atom stereocenters. The van der Waals surface area contributed by atoms with Crippen LogP contribution in [0.2, 0.25) is 0 Å². The lowest BCUT2D eigenvalue weighted by Crippen LogP contribution is -2.43. The summed E-state index contributed by atoms with van der Waals surface area (Å²) in [5, 5.41) is 2.44. The van der Waals surface area contributed by atoms with Gasteiger partial charge in [0.25, 0.3) is 5.91 Å². The lowest BCUT2D eigenvalue weighted by molar-refractivity contribution is -0.137. The van der Waals surface area contributed by atoms with E-state index in [2.05, 4.69) is 5.32 Å². The number of ether oxygens (including phenoxy) is 1. The number of nitrogens with zero attached hydrogens (tertiary/aromatic N) is 1. The first kappa shape index (κ1) is 21.3. The van der Waals surface area contributed by atoms with Crippen molar-refractivity contribution in [1.82, 2.24) is 9.62 Å². The van der Waals surface area contributed by atoms with Crippen LogP contribution in [0.5, 0.6) is 0 Å². The van der Waals surface area contributed by atoms with Gasteiger partial charge >= 0.3 is 6.18 Å². The number of alkyl halides is 3.